The van der Waals surface area contributed by atoms with Crippen molar-refractivity contribution in [2.45, 2.75) is 25.7 Å². The summed E-state index contributed by atoms with van der Waals surface area (Å²) < 4.78 is 5.15. The molecule has 70 valence electrons. The van der Waals surface area contributed by atoms with Crippen LogP contribution in [0, 0.1) is 5.92 Å². The number of methoxy groups -OCH3 is 1. The van der Waals surface area contributed by atoms with Gasteiger partial charge < -0.3 is 4.74 Å². The average molecular weight is 178 g/mol. The molecule has 0 aromatic carbocycles. The van der Waals surface area contributed by atoms with Crippen LogP contribution in [0.2, 0.25) is 0 Å². The fourth-order valence-electron chi connectivity index (χ4n) is 2.06. The Morgan fingerprint density at radius 3 is 3.15 bits per heavy atom. The molecule has 0 heterocycles. The molecule has 0 bridgehead atoms. The van der Waals surface area contributed by atoms with E-state index < -0.39 is 0 Å². The molecule has 2 nitrogen and oxygen atoms in total. The third-order valence-electron chi connectivity index (χ3n) is 2.86. The maximum absolute atomic E-state index is 11.2. The number of Topliss-reactive ketones (excluding diaryl/α,β-unsaturated/α-hetero) is 1. The minimum Gasteiger partial charge on any atom is -0.497 e. The zero-order chi connectivity index (χ0) is 9.26. The highest BCUT2D eigenvalue weighted by molar-refractivity contribution is 5.82. The molecule has 0 aromatic heterocycles. The van der Waals surface area contributed by atoms with Gasteiger partial charge in [-0.2, -0.15) is 0 Å². The average Bonchev–Trinajstić information content (AvgIpc) is 2.16. The van der Waals surface area contributed by atoms with Crippen LogP contribution in [0.1, 0.15) is 25.7 Å². The zero-order valence-electron chi connectivity index (χ0n) is 7.88. The molecule has 13 heavy (non-hydrogen) atoms. The quantitative estimate of drug-likeness (QED) is 0.615. The number of ether oxygens (including phenoxy) is 1. The van der Waals surface area contributed by atoms with E-state index in [9.17, 15) is 4.79 Å². The van der Waals surface area contributed by atoms with Crippen LogP contribution in [0.5, 0.6) is 0 Å². The van der Waals surface area contributed by atoms with Crippen molar-refractivity contribution in [2.24, 2.45) is 5.92 Å². The number of carbonyl (C=O) groups excluding carboxylic acids is 1. The molecular weight excluding hydrogens is 164 g/mol. The summed E-state index contributed by atoms with van der Waals surface area (Å²) in [5.74, 6) is 1.90. The van der Waals surface area contributed by atoms with Crippen molar-refractivity contribution in [1.82, 2.24) is 0 Å². The van der Waals surface area contributed by atoms with Gasteiger partial charge in [-0.1, -0.05) is 5.57 Å². The van der Waals surface area contributed by atoms with Crippen molar-refractivity contribution < 1.29 is 9.53 Å². The van der Waals surface area contributed by atoms with Crippen molar-refractivity contribution in [3.8, 4) is 0 Å². The van der Waals surface area contributed by atoms with E-state index in [0.29, 0.717) is 18.1 Å². The topological polar surface area (TPSA) is 26.3 Å². The van der Waals surface area contributed by atoms with Gasteiger partial charge in [0, 0.05) is 12.8 Å². The van der Waals surface area contributed by atoms with Gasteiger partial charge in [0.15, 0.2) is 0 Å². The molecular formula is C11H14O2. The molecule has 2 heteroatoms. The molecule has 2 aliphatic carbocycles. The molecule has 1 atom stereocenters. The molecule has 0 N–H and O–H groups in total. The molecule has 0 radical (unpaired) electrons. The van der Waals surface area contributed by atoms with Gasteiger partial charge in [0.2, 0.25) is 0 Å². The van der Waals surface area contributed by atoms with Gasteiger partial charge in [-0.25, -0.2) is 0 Å². The summed E-state index contributed by atoms with van der Waals surface area (Å²) in [7, 11) is 1.67. The maximum atomic E-state index is 11.2. The van der Waals surface area contributed by atoms with E-state index >= 15 is 0 Å². The lowest BCUT2D eigenvalue weighted by molar-refractivity contribution is -0.119. The second kappa shape index (κ2) is 3.36. The highest BCUT2D eigenvalue weighted by Crippen LogP contribution is 2.34. The minimum absolute atomic E-state index is 0.375. The fourth-order valence-corrected chi connectivity index (χ4v) is 2.06. The Balaban J connectivity index is 2.17. The van der Waals surface area contributed by atoms with Gasteiger partial charge in [-0.05, 0) is 30.9 Å². The molecule has 1 unspecified atom stereocenters. The molecule has 2 rings (SSSR count). The largest absolute Gasteiger partial charge is 0.497 e. The number of fused-ring (bicyclic) bond motifs is 1. The highest BCUT2D eigenvalue weighted by Gasteiger charge is 2.25. The lowest BCUT2D eigenvalue weighted by Gasteiger charge is -2.26. The number of hydrogen-bond donors (Lipinski definition) is 0. The molecule has 0 saturated heterocycles. The molecule has 0 spiro atoms. The first kappa shape index (κ1) is 8.54. The first-order valence-electron chi connectivity index (χ1n) is 4.76. The van der Waals surface area contributed by atoms with Crippen molar-refractivity contribution in [3.63, 3.8) is 0 Å². The van der Waals surface area contributed by atoms with Gasteiger partial charge in [-0.3, -0.25) is 4.79 Å². The first-order valence-corrected chi connectivity index (χ1v) is 4.76. The van der Waals surface area contributed by atoms with Crippen LogP contribution in [0.4, 0.5) is 0 Å². The van der Waals surface area contributed by atoms with E-state index in [1.54, 1.807) is 7.11 Å². The van der Waals surface area contributed by atoms with Gasteiger partial charge in [-0.15, -0.1) is 0 Å². The van der Waals surface area contributed by atoms with Crippen LogP contribution in [0.3, 0.4) is 0 Å². The number of rotatable bonds is 1. The van der Waals surface area contributed by atoms with E-state index in [-0.39, 0.29) is 0 Å². The smallest absolute Gasteiger partial charge is 0.136 e. The van der Waals surface area contributed by atoms with Crippen LogP contribution >= 0.6 is 0 Å². The summed E-state index contributed by atoms with van der Waals surface area (Å²) in [6.45, 7) is 0. The van der Waals surface area contributed by atoms with Gasteiger partial charge >= 0.3 is 0 Å². The monoisotopic (exact) mass is 178 g/mol. The Morgan fingerprint density at radius 2 is 2.38 bits per heavy atom. The predicted molar refractivity (Wildman–Crippen MR) is 50.1 cm³/mol. The van der Waals surface area contributed by atoms with Gasteiger partial charge in [0.1, 0.15) is 11.5 Å². The Morgan fingerprint density at radius 1 is 1.54 bits per heavy atom. The Hall–Kier alpha value is -1.05. The number of allylic oxidation sites excluding steroid dienone is 3. The zero-order valence-corrected chi connectivity index (χ0v) is 7.88. The minimum atomic E-state index is 0.375. The third-order valence-corrected chi connectivity index (χ3v) is 2.86. The summed E-state index contributed by atoms with van der Waals surface area (Å²) in [5.41, 5.74) is 1.27. The van der Waals surface area contributed by atoms with E-state index in [4.69, 9.17) is 4.74 Å². The SMILES string of the molecule is COC1=CCC2CCC(=O)CC2=C1. The van der Waals surface area contributed by atoms with Crippen molar-refractivity contribution in [2.75, 3.05) is 7.11 Å². The second-order valence-electron chi connectivity index (χ2n) is 3.72. The predicted octanol–water partition coefficient (Wildman–Crippen LogP) is 2.22. The third kappa shape index (κ3) is 1.67. The lowest BCUT2D eigenvalue weighted by atomic mass is 9.79. The number of ketones is 1. The first-order chi connectivity index (χ1) is 6.29. The normalized spacial score (nSPS) is 27.5. The molecule has 0 aromatic rings. The molecule has 0 aliphatic heterocycles. The maximum Gasteiger partial charge on any atom is 0.136 e. The van der Waals surface area contributed by atoms with Crippen LogP contribution in [0.25, 0.3) is 0 Å². The van der Waals surface area contributed by atoms with Crippen molar-refractivity contribution >= 4 is 5.78 Å². The summed E-state index contributed by atoms with van der Waals surface area (Å²) in [6, 6.07) is 0. The summed E-state index contributed by atoms with van der Waals surface area (Å²) in [6.07, 6.45) is 7.62. The van der Waals surface area contributed by atoms with Crippen LogP contribution in [0.15, 0.2) is 23.5 Å². The van der Waals surface area contributed by atoms with Crippen LogP contribution in [-0.4, -0.2) is 12.9 Å². The van der Waals surface area contributed by atoms with Gasteiger partial charge in [0.05, 0.1) is 7.11 Å². The summed E-state index contributed by atoms with van der Waals surface area (Å²) in [5, 5.41) is 0. The molecule has 1 saturated carbocycles. The summed E-state index contributed by atoms with van der Waals surface area (Å²) in [4.78, 5) is 11.2. The van der Waals surface area contributed by atoms with Crippen LogP contribution in [-0.2, 0) is 9.53 Å². The Kier molecular flexibility index (Phi) is 2.21. The standard InChI is InChI=1S/C11H14O2/c1-13-11-5-3-8-2-4-10(12)6-9(8)7-11/h5,7-8H,2-4,6H2,1H3. The van der Waals surface area contributed by atoms with Crippen molar-refractivity contribution in [1.29, 1.82) is 0 Å². The molecule has 1 fully saturated rings. The molecule has 2 aliphatic rings. The van der Waals surface area contributed by atoms with Gasteiger partial charge in [0.25, 0.3) is 0 Å². The second-order valence-corrected chi connectivity index (χ2v) is 3.72. The lowest BCUT2D eigenvalue weighted by Crippen LogP contribution is -2.18. The summed E-state index contributed by atoms with van der Waals surface area (Å²) >= 11 is 0. The Labute approximate surface area is 78.3 Å². The molecule has 0 amide bonds. The number of carbonyl (C=O) groups is 1. The Bertz CT molecular complexity index is 286. The van der Waals surface area contributed by atoms with Crippen molar-refractivity contribution in [3.05, 3.63) is 23.5 Å². The van der Waals surface area contributed by atoms with E-state index in [2.05, 4.69) is 6.08 Å². The highest BCUT2D eigenvalue weighted by atomic mass is 16.5. The van der Waals surface area contributed by atoms with E-state index in [0.717, 1.165) is 25.0 Å². The number of hydrogen-bond acceptors (Lipinski definition) is 2. The van der Waals surface area contributed by atoms with E-state index in [1.807, 2.05) is 6.08 Å². The van der Waals surface area contributed by atoms with Crippen LogP contribution < -0.4 is 0 Å². The fraction of sp³-hybridized carbons (Fsp3) is 0.545. The van der Waals surface area contributed by atoms with E-state index in [1.165, 1.54) is 5.57 Å².